The van der Waals surface area contributed by atoms with Crippen molar-refractivity contribution in [2.75, 3.05) is 7.11 Å². The summed E-state index contributed by atoms with van der Waals surface area (Å²) in [5, 5.41) is 1.79. The molecule has 20 heavy (non-hydrogen) atoms. The van der Waals surface area contributed by atoms with Crippen molar-refractivity contribution in [1.82, 2.24) is 10.9 Å². The molecule has 0 aliphatic heterocycles. The van der Waals surface area contributed by atoms with E-state index in [2.05, 4.69) is 26.8 Å². The molecule has 2 amide bonds. The van der Waals surface area contributed by atoms with E-state index in [1.54, 1.807) is 35.7 Å². The number of rotatable bonds is 3. The summed E-state index contributed by atoms with van der Waals surface area (Å²) in [5.74, 6) is -0.383. The molecule has 0 radical (unpaired) electrons. The lowest BCUT2D eigenvalue weighted by Crippen LogP contribution is -2.41. The largest absolute Gasteiger partial charge is 0.496 e. The second-order valence-electron chi connectivity index (χ2n) is 3.73. The number of ether oxygens (including phenoxy) is 1. The molecule has 0 aliphatic rings. The van der Waals surface area contributed by atoms with E-state index in [-0.39, 0.29) is 5.91 Å². The highest BCUT2D eigenvalue weighted by molar-refractivity contribution is 9.10. The number of hydrogen-bond acceptors (Lipinski definition) is 4. The quantitative estimate of drug-likeness (QED) is 0.832. The van der Waals surface area contributed by atoms with Crippen LogP contribution in [0.1, 0.15) is 20.0 Å². The van der Waals surface area contributed by atoms with Crippen LogP contribution < -0.4 is 15.6 Å². The molecular formula is C13H11BrN2O3S. The topological polar surface area (TPSA) is 67.4 Å². The van der Waals surface area contributed by atoms with Crippen molar-refractivity contribution in [1.29, 1.82) is 0 Å². The predicted octanol–water partition coefficient (Wildman–Crippen LogP) is 2.59. The zero-order valence-electron chi connectivity index (χ0n) is 10.5. The van der Waals surface area contributed by atoms with Gasteiger partial charge in [-0.05, 0) is 29.6 Å². The van der Waals surface area contributed by atoms with Gasteiger partial charge >= 0.3 is 0 Å². The van der Waals surface area contributed by atoms with Gasteiger partial charge in [-0.3, -0.25) is 20.4 Å². The molecule has 2 aromatic rings. The summed E-state index contributed by atoms with van der Waals surface area (Å²) >= 11 is 4.58. The van der Waals surface area contributed by atoms with E-state index in [1.807, 2.05) is 0 Å². The van der Waals surface area contributed by atoms with E-state index in [9.17, 15) is 9.59 Å². The SMILES string of the molecule is COc1ccc(Br)cc1C(=O)NNC(=O)c1cccs1. The Morgan fingerprint density at radius 3 is 2.60 bits per heavy atom. The summed E-state index contributed by atoms with van der Waals surface area (Å²) in [6.45, 7) is 0. The number of nitrogens with one attached hydrogen (secondary N) is 2. The zero-order valence-corrected chi connectivity index (χ0v) is 12.9. The van der Waals surface area contributed by atoms with Crippen molar-refractivity contribution in [3.63, 3.8) is 0 Å². The van der Waals surface area contributed by atoms with Crippen LogP contribution in [0.4, 0.5) is 0 Å². The standard InChI is InChI=1S/C13H11BrN2O3S/c1-19-10-5-4-8(14)7-9(10)12(17)15-16-13(18)11-3-2-6-20-11/h2-7H,1H3,(H,15,17)(H,16,18). The van der Waals surface area contributed by atoms with Gasteiger partial charge in [0.15, 0.2) is 0 Å². The first-order valence-corrected chi connectivity index (χ1v) is 7.27. The minimum atomic E-state index is -0.451. The van der Waals surface area contributed by atoms with E-state index in [0.29, 0.717) is 16.2 Å². The second-order valence-corrected chi connectivity index (χ2v) is 5.59. The molecule has 0 bridgehead atoms. The van der Waals surface area contributed by atoms with Crippen molar-refractivity contribution in [3.05, 3.63) is 50.6 Å². The van der Waals surface area contributed by atoms with Crippen molar-refractivity contribution in [3.8, 4) is 5.75 Å². The first-order valence-electron chi connectivity index (χ1n) is 5.59. The minimum Gasteiger partial charge on any atom is -0.496 e. The third kappa shape index (κ3) is 3.37. The Labute approximate surface area is 128 Å². The lowest BCUT2D eigenvalue weighted by molar-refractivity contribution is 0.0847. The number of hydrogen-bond donors (Lipinski definition) is 2. The number of thiophene rings is 1. The van der Waals surface area contributed by atoms with Crippen LogP contribution in [0.25, 0.3) is 0 Å². The Morgan fingerprint density at radius 1 is 1.20 bits per heavy atom. The summed E-state index contributed by atoms with van der Waals surface area (Å²) < 4.78 is 5.85. The zero-order chi connectivity index (χ0) is 14.5. The van der Waals surface area contributed by atoms with Gasteiger partial charge in [0.05, 0.1) is 17.6 Å². The number of benzene rings is 1. The van der Waals surface area contributed by atoms with E-state index in [1.165, 1.54) is 18.4 Å². The fourth-order valence-corrected chi connectivity index (χ4v) is 2.49. The van der Waals surface area contributed by atoms with E-state index in [4.69, 9.17) is 4.74 Å². The average Bonchev–Trinajstić information content (AvgIpc) is 2.98. The Hall–Kier alpha value is -1.86. The Kier molecular flexibility index (Phi) is 4.75. The van der Waals surface area contributed by atoms with Crippen LogP contribution >= 0.6 is 27.3 Å². The number of carbonyl (C=O) groups excluding carboxylic acids is 2. The summed E-state index contributed by atoms with van der Waals surface area (Å²) in [5.41, 5.74) is 5.04. The van der Waals surface area contributed by atoms with E-state index < -0.39 is 5.91 Å². The molecule has 1 aromatic heterocycles. The molecule has 0 spiro atoms. The molecule has 1 heterocycles. The van der Waals surface area contributed by atoms with Crippen molar-refractivity contribution >= 4 is 39.1 Å². The van der Waals surface area contributed by atoms with Crippen molar-refractivity contribution in [2.45, 2.75) is 0 Å². The molecule has 7 heteroatoms. The molecule has 0 saturated heterocycles. The Bertz CT molecular complexity index is 629. The summed E-state index contributed by atoms with van der Waals surface area (Å²) in [4.78, 5) is 24.3. The van der Waals surface area contributed by atoms with E-state index in [0.717, 1.165) is 4.47 Å². The lowest BCUT2D eigenvalue weighted by atomic mass is 10.2. The lowest BCUT2D eigenvalue weighted by Gasteiger charge is -2.10. The average molecular weight is 355 g/mol. The maximum atomic E-state index is 12.0. The summed E-state index contributed by atoms with van der Waals surface area (Å²) in [6.07, 6.45) is 0. The minimum absolute atomic E-state index is 0.327. The molecule has 0 atom stereocenters. The van der Waals surface area contributed by atoms with Crippen molar-refractivity contribution < 1.29 is 14.3 Å². The van der Waals surface area contributed by atoms with Gasteiger partial charge in [-0.2, -0.15) is 0 Å². The summed E-state index contributed by atoms with van der Waals surface area (Å²) in [7, 11) is 1.48. The number of carbonyl (C=O) groups is 2. The number of amides is 2. The highest BCUT2D eigenvalue weighted by atomic mass is 79.9. The molecule has 0 aliphatic carbocycles. The Morgan fingerprint density at radius 2 is 1.95 bits per heavy atom. The van der Waals surface area contributed by atoms with Gasteiger partial charge in [-0.25, -0.2) is 0 Å². The van der Waals surface area contributed by atoms with Crippen LogP contribution in [-0.4, -0.2) is 18.9 Å². The number of hydrazine groups is 1. The van der Waals surface area contributed by atoms with Gasteiger partial charge in [0.1, 0.15) is 5.75 Å². The smallest absolute Gasteiger partial charge is 0.279 e. The normalized spacial score (nSPS) is 9.90. The second kappa shape index (κ2) is 6.53. The van der Waals surface area contributed by atoms with E-state index >= 15 is 0 Å². The monoisotopic (exact) mass is 354 g/mol. The van der Waals surface area contributed by atoms with Crippen LogP contribution in [0.5, 0.6) is 5.75 Å². The number of halogens is 1. The van der Waals surface area contributed by atoms with Crippen molar-refractivity contribution in [2.24, 2.45) is 0 Å². The van der Waals surface area contributed by atoms with Crippen LogP contribution in [0.3, 0.4) is 0 Å². The maximum Gasteiger partial charge on any atom is 0.279 e. The van der Waals surface area contributed by atoms with Gasteiger partial charge in [0.2, 0.25) is 0 Å². The molecule has 104 valence electrons. The maximum absolute atomic E-state index is 12.0. The van der Waals surface area contributed by atoms with Gasteiger partial charge in [-0.1, -0.05) is 22.0 Å². The molecule has 2 rings (SSSR count). The van der Waals surface area contributed by atoms with Gasteiger partial charge in [0, 0.05) is 4.47 Å². The third-order valence-electron chi connectivity index (χ3n) is 2.44. The van der Waals surface area contributed by atoms with Crippen LogP contribution in [0.2, 0.25) is 0 Å². The first kappa shape index (κ1) is 14.5. The fourth-order valence-electron chi connectivity index (χ4n) is 1.51. The molecule has 0 fully saturated rings. The highest BCUT2D eigenvalue weighted by Crippen LogP contribution is 2.22. The molecule has 1 aromatic carbocycles. The summed E-state index contributed by atoms with van der Waals surface area (Å²) in [6, 6.07) is 8.48. The number of methoxy groups -OCH3 is 1. The van der Waals surface area contributed by atoms with Crippen LogP contribution in [-0.2, 0) is 0 Å². The predicted molar refractivity (Wildman–Crippen MR) is 79.9 cm³/mol. The van der Waals surface area contributed by atoms with Crippen LogP contribution in [0, 0.1) is 0 Å². The van der Waals surface area contributed by atoms with Gasteiger partial charge in [-0.15, -0.1) is 11.3 Å². The molecule has 0 saturated carbocycles. The van der Waals surface area contributed by atoms with Gasteiger partial charge < -0.3 is 4.74 Å². The third-order valence-corrected chi connectivity index (χ3v) is 3.80. The molecule has 5 nitrogen and oxygen atoms in total. The molecule has 2 N–H and O–H groups in total. The Balaban J connectivity index is 2.05. The first-order chi connectivity index (χ1) is 9.61. The van der Waals surface area contributed by atoms with Crippen LogP contribution in [0.15, 0.2) is 40.2 Å². The highest BCUT2D eigenvalue weighted by Gasteiger charge is 2.14. The molecule has 0 unspecified atom stereocenters. The van der Waals surface area contributed by atoms with Gasteiger partial charge in [0.25, 0.3) is 11.8 Å². The fraction of sp³-hybridized carbons (Fsp3) is 0.0769. The molecular weight excluding hydrogens is 344 g/mol.